The molecule has 2 heterocycles. The summed E-state index contributed by atoms with van der Waals surface area (Å²) < 4.78 is 2.24. The zero-order chi connectivity index (χ0) is 13.8. The van der Waals surface area contributed by atoms with E-state index in [-0.39, 0.29) is 24.8 Å². The molecule has 124 valence electrons. The summed E-state index contributed by atoms with van der Waals surface area (Å²) in [5, 5.41) is 3.40. The minimum Gasteiger partial charge on any atom is -0.368 e. The second-order valence-corrected chi connectivity index (χ2v) is 5.62. The van der Waals surface area contributed by atoms with Crippen molar-refractivity contribution in [1.82, 2.24) is 19.5 Å². The van der Waals surface area contributed by atoms with Crippen LogP contribution in [-0.4, -0.2) is 26.1 Å². The molecule has 7 heteroatoms. The van der Waals surface area contributed by atoms with Crippen LogP contribution >= 0.6 is 24.8 Å². The molecule has 0 unspecified atom stereocenters. The van der Waals surface area contributed by atoms with E-state index >= 15 is 0 Å². The Kier molecular flexibility index (Phi) is 7.90. The Bertz CT molecular complexity index is 566. The monoisotopic (exact) mass is 345 g/mol. The normalized spacial score (nSPS) is 14.6. The van der Waals surface area contributed by atoms with Crippen LogP contribution in [0, 0.1) is 0 Å². The molecule has 1 saturated carbocycles. The molecule has 5 nitrogen and oxygen atoms in total. The lowest BCUT2D eigenvalue weighted by atomic mass is 10.2. The fourth-order valence-corrected chi connectivity index (χ4v) is 3.01. The lowest BCUT2D eigenvalue weighted by Crippen LogP contribution is -2.06. The van der Waals surface area contributed by atoms with Gasteiger partial charge in [-0.25, -0.2) is 15.0 Å². The number of unbranched alkanes of at least 4 members (excludes halogenated alkanes) is 2. The van der Waals surface area contributed by atoms with Crippen LogP contribution in [0.5, 0.6) is 0 Å². The number of fused-ring (bicyclic) bond motifs is 1. The highest BCUT2D eigenvalue weighted by atomic mass is 35.5. The fraction of sp³-hybridized carbons (Fsp3) is 0.667. The molecule has 0 spiro atoms. The van der Waals surface area contributed by atoms with Crippen LogP contribution in [0.25, 0.3) is 11.2 Å². The van der Waals surface area contributed by atoms with Gasteiger partial charge in [0.25, 0.3) is 0 Å². The Morgan fingerprint density at radius 1 is 1.14 bits per heavy atom. The summed E-state index contributed by atoms with van der Waals surface area (Å²) in [4.78, 5) is 13.3. The van der Waals surface area contributed by atoms with Crippen molar-refractivity contribution in [3.8, 4) is 0 Å². The van der Waals surface area contributed by atoms with Gasteiger partial charge in [-0.3, -0.25) is 0 Å². The largest absolute Gasteiger partial charge is 0.368 e. The van der Waals surface area contributed by atoms with Crippen molar-refractivity contribution in [2.45, 2.75) is 57.9 Å². The third-order valence-electron chi connectivity index (χ3n) is 4.15. The first-order valence-corrected chi connectivity index (χ1v) is 7.81. The first-order valence-electron chi connectivity index (χ1n) is 7.81. The minimum absolute atomic E-state index is 0. The molecule has 2 aromatic rings. The maximum Gasteiger partial charge on any atom is 0.165 e. The molecule has 1 aliphatic rings. The van der Waals surface area contributed by atoms with Gasteiger partial charge in [-0.1, -0.05) is 32.6 Å². The Labute approximate surface area is 144 Å². The van der Waals surface area contributed by atoms with Crippen LogP contribution in [0.15, 0.2) is 12.7 Å². The van der Waals surface area contributed by atoms with E-state index < -0.39 is 0 Å². The van der Waals surface area contributed by atoms with Crippen LogP contribution in [0.4, 0.5) is 5.82 Å². The third kappa shape index (κ3) is 4.02. The highest BCUT2D eigenvalue weighted by Gasteiger charge is 2.20. The summed E-state index contributed by atoms with van der Waals surface area (Å²) in [6.45, 7) is 3.17. The van der Waals surface area contributed by atoms with E-state index in [4.69, 9.17) is 0 Å². The van der Waals surface area contributed by atoms with Crippen molar-refractivity contribution in [3.05, 3.63) is 12.7 Å². The van der Waals surface area contributed by atoms with Gasteiger partial charge in [0.15, 0.2) is 11.5 Å². The summed E-state index contributed by atoms with van der Waals surface area (Å²) in [6.07, 6.45) is 12.4. The van der Waals surface area contributed by atoms with Crippen molar-refractivity contribution in [3.63, 3.8) is 0 Å². The van der Waals surface area contributed by atoms with E-state index in [1.54, 1.807) is 6.33 Å². The maximum atomic E-state index is 4.54. The molecule has 0 radical (unpaired) electrons. The Balaban J connectivity index is 0.00000121. The molecule has 22 heavy (non-hydrogen) atoms. The van der Waals surface area contributed by atoms with Gasteiger partial charge in [0.1, 0.15) is 11.8 Å². The van der Waals surface area contributed by atoms with E-state index in [0.717, 1.165) is 23.5 Å². The van der Waals surface area contributed by atoms with Crippen molar-refractivity contribution >= 4 is 41.8 Å². The third-order valence-corrected chi connectivity index (χ3v) is 4.15. The fourth-order valence-electron chi connectivity index (χ4n) is 3.01. The highest BCUT2D eigenvalue weighted by Crippen LogP contribution is 2.32. The molecule has 1 fully saturated rings. The van der Waals surface area contributed by atoms with Gasteiger partial charge in [0.05, 0.1) is 6.33 Å². The zero-order valence-electron chi connectivity index (χ0n) is 13.0. The molecule has 1 aliphatic carbocycles. The first-order chi connectivity index (χ1) is 9.90. The summed E-state index contributed by atoms with van der Waals surface area (Å²) in [5.41, 5.74) is 1.89. The molecule has 0 amide bonds. The SMILES string of the molecule is CCCCCNc1ncnc2c1ncn2C1CCCC1.Cl.Cl. The Morgan fingerprint density at radius 2 is 1.91 bits per heavy atom. The van der Waals surface area contributed by atoms with E-state index in [1.807, 2.05) is 6.33 Å². The van der Waals surface area contributed by atoms with Crippen molar-refractivity contribution in [1.29, 1.82) is 0 Å². The van der Waals surface area contributed by atoms with Crippen LogP contribution in [-0.2, 0) is 0 Å². The number of nitrogens with zero attached hydrogens (tertiary/aromatic N) is 4. The van der Waals surface area contributed by atoms with E-state index in [9.17, 15) is 0 Å². The lowest BCUT2D eigenvalue weighted by Gasteiger charge is -2.11. The number of hydrogen-bond acceptors (Lipinski definition) is 4. The van der Waals surface area contributed by atoms with Gasteiger partial charge in [0.2, 0.25) is 0 Å². The smallest absolute Gasteiger partial charge is 0.165 e. The topological polar surface area (TPSA) is 55.6 Å². The number of anilines is 1. The van der Waals surface area contributed by atoms with Crippen molar-refractivity contribution in [2.75, 3.05) is 11.9 Å². The number of aromatic nitrogens is 4. The van der Waals surface area contributed by atoms with Crippen molar-refractivity contribution in [2.24, 2.45) is 0 Å². The van der Waals surface area contributed by atoms with Gasteiger partial charge in [-0.2, -0.15) is 0 Å². The molecule has 0 aromatic carbocycles. The Morgan fingerprint density at radius 3 is 2.64 bits per heavy atom. The van der Waals surface area contributed by atoms with Crippen LogP contribution in [0.3, 0.4) is 0 Å². The summed E-state index contributed by atoms with van der Waals surface area (Å²) in [7, 11) is 0. The van der Waals surface area contributed by atoms with Gasteiger partial charge >= 0.3 is 0 Å². The van der Waals surface area contributed by atoms with Gasteiger partial charge in [0, 0.05) is 12.6 Å². The van der Waals surface area contributed by atoms with Gasteiger partial charge in [-0.05, 0) is 19.3 Å². The number of halogens is 2. The molecule has 3 rings (SSSR count). The van der Waals surface area contributed by atoms with Gasteiger partial charge in [-0.15, -0.1) is 24.8 Å². The molecule has 0 aliphatic heterocycles. The highest BCUT2D eigenvalue weighted by molar-refractivity contribution is 5.85. The first kappa shape index (κ1) is 19.0. The van der Waals surface area contributed by atoms with E-state index in [0.29, 0.717) is 6.04 Å². The van der Waals surface area contributed by atoms with E-state index in [2.05, 4.69) is 31.8 Å². The molecule has 1 N–H and O–H groups in total. The van der Waals surface area contributed by atoms with Crippen LogP contribution in [0.1, 0.15) is 57.9 Å². The van der Waals surface area contributed by atoms with Crippen LogP contribution < -0.4 is 5.32 Å². The number of rotatable bonds is 6. The predicted octanol–water partition coefficient (Wildman–Crippen LogP) is 4.39. The molecular weight excluding hydrogens is 321 g/mol. The molecular formula is C15H25Cl2N5. The van der Waals surface area contributed by atoms with Crippen molar-refractivity contribution < 1.29 is 0 Å². The summed E-state index contributed by atoms with van der Waals surface area (Å²) >= 11 is 0. The average Bonchev–Trinajstić information content (AvgIpc) is 3.12. The lowest BCUT2D eigenvalue weighted by molar-refractivity contribution is 0.529. The van der Waals surface area contributed by atoms with E-state index in [1.165, 1.54) is 44.9 Å². The Hall–Kier alpha value is -1.07. The molecule has 0 bridgehead atoms. The standard InChI is InChI=1S/C15H23N5.2ClH/c1-2-3-6-9-16-14-13-15(18-10-17-14)20(11-19-13)12-7-4-5-8-12;;/h10-12H,2-9H2,1H3,(H,16,17,18);2*1H. The second-order valence-electron chi connectivity index (χ2n) is 5.62. The second kappa shape index (κ2) is 9.16. The van der Waals surface area contributed by atoms with Crippen LogP contribution in [0.2, 0.25) is 0 Å². The summed E-state index contributed by atoms with van der Waals surface area (Å²) in [5.74, 6) is 0.878. The average molecular weight is 346 g/mol. The predicted molar refractivity (Wildman–Crippen MR) is 95.3 cm³/mol. The number of hydrogen-bond donors (Lipinski definition) is 1. The molecule has 0 atom stereocenters. The van der Waals surface area contributed by atoms with Gasteiger partial charge < -0.3 is 9.88 Å². The summed E-state index contributed by atoms with van der Waals surface area (Å²) in [6, 6.07) is 0.572. The molecule has 2 aromatic heterocycles. The maximum absolute atomic E-state index is 4.54. The number of nitrogens with one attached hydrogen (secondary N) is 1. The number of imidazole rings is 1. The molecule has 0 saturated heterocycles. The zero-order valence-corrected chi connectivity index (χ0v) is 14.6. The minimum atomic E-state index is 0. The quantitative estimate of drug-likeness (QED) is 0.789.